The minimum Gasteiger partial charge on any atom is -0.381 e. The van der Waals surface area contributed by atoms with Crippen LogP contribution in [0.1, 0.15) is 6.92 Å². The van der Waals surface area contributed by atoms with Gasteiger partial charge in [-0.15, -0.1) is 0 Å². The number of amides is 3. The first-order valence-corrected chi connectivity index (χ1v) is 6.84. The molecule has 20 heavy (non-hydrogen) atoms. The van der Waals surface area contributed by atoms with Crippen LogP contribution in [0, 0.1) is 0 Å². The maximum atomic E-state index is 11.6. The first-order chi connectivity index (χ1) is 9.66. The molecule has 3 amide bonds. The van der Waals surface area contributed by atoms with E-state index in [2.05, 4.69) is 28.5 Å². The minimum absolute atomic E-state index is 0.118. The van der Waals surface area contributed by atoms with E-state index in [1.807, 2.05) is 18.2 Å². The molecule has 106 valence electrons. The van der Waals surface area contributed by atoms with Gasteiger partial charge in [0.2, 0.25) is 5.91 Å². The predicted octanol–water partition coefficient (Wildman–Crippen LogP) is 0.859. The molecule has 1 saturated heterocycles. The number of anilines is 2. The maximum Gasteiger partial charge on any atom is 0.324 e. The zero-order valence-corrected chi connectivity index (χ0v) is 11.4. The number of rotatable bonds is 3. The Morgan fingerprint density at radius 3 is 2.75 bits per heavy atom. The fourth-order valence-electron chi connectivity index (χ4n) is 2.71. The van der Waals surface area contributed by atoms with Crippen molar-refractivity contribution in [1.82, 2.24) is 10.2 Å². The van der Waals surface area contributed by atoms with E-state index in [0.717, 1.165) is 17.9 Å². The summed E-state index contributed by atoms with van der Waals surface area (Å²) >= 11 is 0. The quantitative estimate of drug-likeness (QED) is 0.802. The van der Waals surface area contributed by atoms with Crippen molar-refractivity contribution in [3.63, 3.8) is 0 Å². The fraction of sp³-hybridized carbons (Fsp3) is 0.429. The van der Waals surface area contributed by atoms with Crippen molar-refractivity contribution in [2.24, 2.45) is 0 Å². The summed E-state index contributed by atoms with van der Waals surface area (Å²) in [7, 11) is 0. The lowest BCUT2D eigenvalue weighted by molar-refractivity contribution is -0.124. The molecule has 1 aromatic rings. The largest absolute Gasteiger partial charge is 0.381 e. The van der Waals surface area contributed by atoms with Crippen molar-refractivity contribution in [2.45, 2.75) is 13.0 Å². The van der Waals surface area contributed by atoms with Gasteiger partial charge in [0.25, 0.3) is 0 Å². The van der Waals surface area contributed by atoms with E-state index in [1.54, 1.807) is 0 Å². The van der Waals surface area contributed by atoms with E-state index in [9.17, 15) is 9.59 Å². The third-order valence-electron chi connectivity index (χ3n) is 3.84. The molecule has 0 bridgehead atoms. The van der Waals surface area contributed by atoms with Crippen LogP contribution < -0.4 is 15.5 Å². The number of nitrogens with one attached hydrogen (secondary N) is 2. The van der Waals surface area contributed by atoms with E-state index in [1.165, 1.54) is 4.90 Å². The average molecular weight is 274 g/mol. The van der Waals surface area contributed by atoms with Crippen LogP contribution in [-0.4, -0.2) is 49.1 Å². The average Bonchev–Trinajstić information content (AvgIpc) is 2.77. The SMILES string of the molecule is CC1CNc2ccccc2N1CCN1C(=O)CNC1=O. The van der Waals surface area contributed by atoms with Gasteiger partial charge in [-0.3, -0.25) is 9.69 Å². The Balaban J connectivity index is 1.74. The van der Waals surface area contributed by atoms with Gasteiger partial charge >= 0.3 is 6.03 Å². The standard InChI is InChI=1S/C14H18N4O2/c1-10-8-15-11-4-2-3-5-12(11)17(10)6-7-18-13(19)9-16-14(18)20/h2-5,10,15H,6-9H2,1H3,(H,16,20). The van der Waals surface area contributed by atoms with Gasteiger partial charge < -0.3 is 15.5 Å². The smallest absolute Gasteiger partial charge is 0.324 e. The number of nitrogens with zero attached hydrogens (tertiary/aromatic N) is 2. The molecule has 0 spiro atoms. The minimum atomic E-state index is -0.286. The number of carbonyl (C=O) groups is 2. The molecule has 2 heterocycles. The number of para-hydroxylation sites is 2. The van der Waals surface area contributed by atoms with Crippen molar-refractivity contribution in [2.75, 3.05) is 36.4 Å². The van der Waals surface area contributed by atoms with Gasteiger partial charge in [0.1, 0.15) is 0 Å². The lowest BCUT2D eigenvalue weighted by Crippen LogP contribution is -2.46. The van der Waals surface area contributed by atoms with Crippen LogP contribution in [-0.2, 0) is 4.79 Å². The Labute approximate surface area is 117 Å². The number of urea groups is 1. The summed E-state index contributed by atoms with van der Waals surface area (Å²) < 4.78 is 0. The first kappa shape index (κ1) is 12.8. The highest BCUT2D eigenvalue weighted by atomic mass is 16.2. The van der Waals surface area contributed by atoms with Gasteiger partial charge in [0.05, 0.1) is 17.9 Å². The fourth-order valence-corrected chi connectivity index (χ4v) is 2.71. The number of hydrogen-bond donors (Lipinski definition) is 2. The number of fused-ring (bicyclic) bond motifs is 1. The Morgan fingerprint density at radius 2 is 2.00 bits per heavy atom. The van der Waals surface area contributed by atoms with Crippen LogP contribution in [0.2, 0.25) is 0 Å². The first-order valence-electron chi connectivity index (χ1n) is 6.84. The lowest BCUT2D eigenvalue weighted by atomic mass is 10.1. The van der Waals surface area contributed by atoms with Crippen molar-refractivity contribution in [3.8, 4) is 0 Å². The lowest BCUT2D eigenvalue weighted by Gasteiger charge is -2.38. The second kappa shape index (κ2) is 5.03. The molecular weight excluding hydrogens is 256 g/mol. The molecule has 0 radical (unpaired) electrons. The highest BCUT2D eigenvalue weighted by molar-refractivity contribution is 6.01. The summed E-state index contributed by atoms with van der Waals surface area (Å²) in [6.07, 6.45) is 0. The van der Waals surface area contributed by atoms with Gasteiger partial charge in [-0.25, -0.2) is 4.79 Å². The monoisotopic (exact) mass is 274 g/mol. The topological polar surface area (TPSA) is 64.7 Å². The van der Waals surface area contributed by atoms with Crippen LogP contribution in [0.5, 0.6) is 0 Å². The Bertz CT molecular complexity index is 530. The van der Waals surface area contributed by atoms with Crippen LogP contribution >= 0.6 is 0 Å². The zero-order valence-electron chi connectivity index (χ0n) is 11.4. The maximum absolute atomic E-state index is 11.6. The molecule has 1 aromatic carbocycles. The molecule has 6 nitrogen and oxygen atoms in total. The Kier molecular flexibility index (Phi) is 3.22. The molecule has 0 aromatic heterocycles. The molecule has 1 fully saturated rings. The molecule has 2 aliphatic heterocycles. The molecule has 2 aliphatic rings. The molecule has 0 aliphatic carbocycles. The molecule has 6 heteroatoms. The summed E-state index contributed by atoms with van der Waals surface area (Å²) in [6, 6.07) is 8.14. The van der Waals surface area contributed by atoms with Crippen molar-refractivity contribution >= 4 is 23.3 Å². The Morgan fingerprint density at radius 1 is 1.20 bits per heavy atom. The van der Waals surface area contributed by atoms with E-state index in [-0.39, 0.29) is 18.5 Å². The highest BCUT2D eigenvalue weighted by Gasteiger charge is 2.30. The van der Waals surface area contributed by atoms with Gasteiger partial charge in [0, 0.05) is 25.7 Å². The predicted molar refractivity (Wildman–Crippen MR) is 76.9 cm³/mol. The summed E-state index contributed by atoms with van der Waals surface area (Å²) in [5.41, 5.74) is 2.22. The number of benzene rings is 1. The second-order valence-corrected chi connectivity index (χ2v) is 5.14. The molecule has 2 N–H and O–H groups in total. The van der Waals surface area contributed by atoms with Crippen molar-refractivity contribution in [3.05, 3.63) is 24.3 Å². The molecular formula is C14H18N4O2. The summed E-state index contributed by atoms with van der Waals surface area (Å²) in [5, 5.41) is 5.93. The molecule has 1 atom stereocenters. The summed E-state index contributed by atoms with van der Waals surface area (Å²) in [6.45, 7) is 4.18. The van der Waals surface area contributed by atoms with Crippen LogP contribution in [0.3, 0.4) is 0 Å². The van der Waals surface area contributed by atoms with Crippen LogP contribution in [0.25, 0.3) is 0 Å². The number of hydrogen-bond acceptors (Lipinski definition) is 4. The van der Waals surface area contributed by atoms with Gasteiger partial charge in [-0.1, -0.05) is 12.1 Å². The van der Waals surface area contributed by atoms with Crippen molar-refractivity contribution < 1.29 is 9.59 Å². The van der Waals surface area contributed by atoms with Crippen LogP contribution in [0.15, 0.2) is 24.3 Å². The molecule has 1 unspecified atom stereocenters. The van der Waals surface area contributed by atoms with Crippen molar-refractivity contribution in [1.29, 1.82) is 0 Å². The normalized spacial score (nSPS) is 21.6. The van der Waals surface area contributed by atoms with Crippen LogP contribution in [0.4, 0.5) is 16.2 Å². The zero-order chi connectivity index (χ0) is 14.1. The van der Waals surface area contributed by atoms with E-state index in [0.29, 0.717) is 19.1 Å². The number of imide groups is 1. The van der Waals surface area contributed by atoms with E-state index in [4.69, 9.17) is 0 Å². The summed E-state index contributed by atoms with van der Waals surface area (Å²) in [4.78, 5) is 26.7. The van der Waals surface area contributed by atoms with E-state index >= 15 is 0 Å². The third kappa shape index (κ3) is 2.17. The van der Waals surface area contributed by atoms with Gasteiger partial charge in [0.15, 0.2) is 0 Å². The second-order valence-electron chi connectivity index (χ2n) is 5.14. The number of carbonyl (C=O) groups excluding carboxylic acids is 2. The molecule has 0 saturated carbocycles. The Hall–Kier alpha value is -2.24. The molecule has 3 rings (SSSR count). The van der Waals surface area contributed by atoms with E-state index < -0.39 is 0 Å². The van der Waals surface area contributed by atoms with Gasteiger partial charge in [-0.05, 0) is 19.1 Å². The summed E-state index contributed by atoms with van der Waals surface area (Å²) in [5.74, 6) is -0.147. The highest BCUT2D eigenvalue weighted by Crippen LogP contribution is 2.30. The van der Waals surface area contributed by atoms with Gasteiger partial charge in [-0.2, -0.15) is 0 Å². The third-order valence-corrected chi connectivity index (χ3v) is 3.84.